The van der Waals surface area contributed by atoms with Gasteiger partial charge in [0.25, 0.3) is 5.69 Å². The number of anilines is 1. The van der Waals surface area contributed by atoms with Gasteiger partial charge >= 0.3 is 0 Å². The van der Waals surface area contributed by atoms with Gasteiger partial charge in [-0.05, 0) is 37.8 Å². The molecule has 0 bridgehead atoms. The van der Waals surface area contributed by atoms with E-state index in [1.165, 1.54) is 12.1 Å². The first-order valence-electron chi connectivity index (χ1n) is 7.47. The number of benzene rings is 1. The molecule has 2 atom stereocenters. The highest BCUT2D eigenvalue weighted by atomic mass is 32.2. The highest BCUT2D eigenvalue weighted by Gasteiger charge is 2.38. The van der Waals surface area contributed by atoms with E-state index >= 15 is 0 Å². The summed E-state index contributed by atoms with van der Waals surface area (Å²) in [6.07, 6.45) is 2.28. The topological polar surface area (TPSA) is 116 Å². The molecule has 2 fully saturated rings. The highest BCUT2D eigenvalue weighted by molar-refractivity contribution is 7.89. The second-order valence-corrected chi connectivity index (χ2v) is 7.74. The maximum Gasteiger partial charge on any atom is 0.293 e. The fraction of sp³-hybridized carbons (Fsp3) is 0.571. The molecule has 2 aliphatic rings. The summed E-state index contributed by atoms with van der Waals surface area (Å²) in [4.78, 5) is 12.4. The minimum Gasteiger partial charge on any atom is -0.371 e. The normalized spacial score (nSPS) is 25.4. The standard InChI is InChI=1S/C14H19N3O5S/c1-9-7-16(8-14(22-9)10-2-3-10)12-5-4-11(23(15,20)21)6-13(12)17(18)19/h4-6,9-10,14H,2-3,7-8H2,1H3,(H2,15,20,21)/t9-,14+/m0/s1. The van der Waals surface area contributed by atoms with Crippen LogP contribution in [0.25, 0.3) is 0 Å². The van der Waals surface area contributed by atoms with Gasteiger partial charge in [0, 0.05) is 19.2 Å². The van der Waals surface area contributed by atoms with Gasteiger partial charge in [0.2, 0.25) is 10.0 Å². The van der Waals surface area contributed by atoms with E-state index in [9.17, 15) is 18.5 Å². The van der Waals surface area contributed by atoms with Crippen LogP contribution in [-0.2, 0) is 14.8 Å². The fourth-order valence-corrected chi connectivity index (χ4v) is 3.54. The molecule has 0 spiro atoms. The number of nitro groups is 1. The maximum atomic E-state index is 11.4. The van der Waals surface area contributed by atoms with Gasteiger partial charge in [0.1, 0.15) is 5.69 Å². The summed E-state index contributed by atoms with van der Waals surface area (Å²) < 4.78 is 28.7. The van der Waals surface area contributed by atoms with Gasteiger partial charge in [-0.15, -0.1) is 0 Å². The number of morpholine rings is 1. The number of rotatable bonds is 4. The molecular weight excluding hydrogens is 322 g/mol. The van der Waals surface area contributed by atoms with E-state index in [-0.39, 0.29) is 22.8 Å². The van der Waals surface area contributed by atoms with Crippen molar-refractivity contribution in [3.8, 4) is 0 Å². The van der Waals surface area contributed by atoms with Crippen LogP contribution < -0.4 is 10.0 Å². The van der Waals surface area contributed by atoms with Crippen molar-refractivity contribution in [1.82, 2.24) is 0 Å². The van der Waals surface area contributed by atoms with E-state index in [1.54, 1.807) is 0 Å². The minimum absolute atomic E-state index is 0.0353. The van der Waals surface area contributed by atoms with Gasteiger partial charge < -0.3 is 9.64 Å². The van der Waals surface area contributed by atoms with Crippen LogP contribution in [0.15, 0.2) is 23.1 Å². The Labute approximate surface area is 134 Å². The van der Waals surface area contributed by atoms with Crippen molar-refractivity contribution >= 4 is 21.4 Å². The molecule has 1 aliphatic heterocycles. The van der Waals surface area contributed by atoms with Crippen LogP contribution >= 0.6 is 0 Å². The summed E-state index contributed by atoms with van der Waals surface area (Å²) in [5.74, 6) is 0.517. The number of hydrogen-bond donors (Lipinski definition) is 1. The lowest BCUT2D eigenvalue weighted by Gasteiger charge is -2.38. The summed E-state index contributed by atoms with van der Waals surface area (Å²) in [6.45, 7) is 3.04. The van der Waals surface area contributed by atoms with Crippen LogP contribution in [0.4, 0.5) is 11.4 Å². The quantitative estimate of drug-likeness (QED) is 0.651. The van der Waals surface area contributed by atoms with Crippen LogP contribution in [0.3, 0.4) is 0 Å². The second kappa shape index (κ2) is 5.73. The van der Waals surface area contributed by atoms with Gasteiger partial charge in [0.15, 0.2) is 0 Å². The van der Waals surface area contributed by atoms with E-state index in [4.69, 9.17) is 9.88 Å². The molecule has 0 radical (unpaired) electrons. The molecule has 9 heteroatoms. The van der Waals surface area contributed by atoms with Crippen LogP contribution in [0.2, 0.25) is 0 Å². The predicted molar refractivity (Wildman–Crippen MR) is 83.7 cm³/mol. The van der Waals surface area contributed by atoms with Crippen molar-refractivity contribution in [3.05, 3.63) is 28.3 Å². The molecule has 0 amide bonds. The number of nitrogens with two attached hydrogens (primary N) is 1. The third-order valence-electron chi connectivity index (χ3n) is 4.25. The zero-order valence-electron chi connectivity index (χ0n) is 12.7. The van der Waals surface area contributed by atoms with Gasteiger partial charge in [-0.3, -0.25) is 10.1 Å². The number of hydrogen-bond acceptors (Lipinski definition) is 6. The van der Waals surface area contributed by atoms with Crippen molar-refractivity contribution in [2.45, 2.75) is 36.9 Å². The predicted octanol–water partition coefficient (Wildman–Crippen LogP) is 1.25. The Morgan fingerprint density at radius 3 is 2.61 bits per heavy atom. The smallest absolute Gasteiger partial charge is 0.293 e. The monoisotopic (exact) mass is 341 g/mol. The molecule has 1 aromatic carbocycles. The number of nitro benzene ring substituents is 1. The number of sulfonamides is 1. The van der Waals surface area contributed by atoms with Gasteiger partial charge in [-0.1, -0.05) is 0 Å². The number of primary sulfonamides is 1. The molecule has 1 aliphatic carbocycles. The SMILES string of the molecule is C[C@H]1CN(c2ccc(S(N)(=O)=O)cc2[N+](=O)[O-])C[C@H](C2CC2)O1. The molecule has 0 unspecified atom stereocenters. The van der Waals surface area contributed by atoms with E-state index in [0.29, 0.717) is 24.7 Å². The first kappa shape index (κ1) is 16.2. The zero-order chi connectivity index (χ0) is 16.8. The Kier molecular flexibility index (Phi) is 4.03. The molecule has 23 heavy (non-hydrogen) atoms. The average Bonchev–Trinajstić information content (AvgIpc) is 3.29. The Balaban J connectivity index is 1.96. The maximum absolute atomic E-state index is 11.4. The molecule has 1 aromatic rings. The Morgan fingerprint density at radius 1 is 1.35 bits per heavy atom. The molecule has 1 saturated carbocycles. The van der Waals surface area contributed by atoms with Crippen molar-refractivity contribution in [3.63, 3.8) is 0 Å². The van der Waals surface area contributed by atoms with E-state index in [0.717, 1.165) is 18.9 Å². The molecular formula is C14H19N3O5S. The molecule has 3 rings (SSSR count). The lowest BCUT2D eigenvalue weighted by molar-refractivity contribution is -0.384. The summed E-state index contributed by atoms with van der Waals surface area (Å²) in [5.41, 5.74) is 0.156. The molecule has 1 saturated heterocycles. The van der Waals surface area contributed by atoms with Crippen LogP contribution in [0.5, 0.6) is 0 Å². The van der Waals surface area contributed by atoms with Crippen molar-refractivity contribution < 1.29 is 18.1 Å². The lowest BCUT2D eigenvalue weighted by Crippen LogP contribution is -2.47. The third kappa shape index (κ3) is 3.46. The minimum atomic E-state index is -3.98. The number of nitrogens with zero attached hydrogens (tertiary/aromatic N) is 2. The van der Waals surface area contributed by atoms with Crippen LogP contribution in [0, 0.1) is 16.0 Å². The Hall–Kier alpha value is -1.71. The summed E-state index contributed by atoms with van der Waals surface area (Å²) in [5, 5.41) is 16.4. The Morgan fingerprint density at radius 2 is 2.04 bits per heavy atom. The average molecular weight is 341 g/mol. The molecule has 126 valence electrons. The highest BCUT2D eigenvalue weighted by Crippen LogP contribution is 2.39. The van der Waals surface area contributed by atoms with E-state index < -0.39 is 14.9 Å². The second-order valence-electron chi connectivity index (χ2n) is 6.18. The summed E-state index contributed by atoms with van der Waals surface area (Å²) in [6, 6.07) is 3.79. The largest absolute Gasteiger partial charge is 0.371 e. The molecule has 8 nitrogen and oxygen atoms in total. The zero-order valence-corrected chi connectivity index (χ0v) is 13.5. The first-order valence-corrected chi connectivity index (χ1v) is 9.02. The summed E-state index contributed by atoms with van der Waals surface area (Å²) >= 11 is 0. The number of ether oxygens (including phenoxy) is 1. The van der Waals surface area contributed by atoms with Gasteiger partial charge in [0.05, 0.1) is 22.0 Å². The Bertz CT molecular complexity index is 732. The van der Waals surface area contributed by atoms with Crippen molar-refractivity contribution in [1.29, 1.82) is 0 Å². The third-order valence-corrected chi connectivity index (χ3v) is 5.16. The lowest BCUT2D eigenvalue weighted by atomic mass is 10.1. The summed E-state index contributed by atoms with van der Waals surface area (Å²) in [7, 11) is -3.98. The van der Waals surface area contributed by atoms with Gasteiger partial charge in [-0.2, -0.15) is 0 Å². The first-order chi connectivity index (χ1) is 10.8. The van der Waals surface area contributed by atoms with Gasteiger partial charge in [-0.25, -0.2) is 13.6 Å². The fourth-order valence-electron chi connectivity index (χ4n) is 3.01. The van der Waals surface area contributed by atoms with E-state index in [2.05, 4.69) is 0 Å². The van der Waals surface area contributed by atoms with Crippen LogP contribution in [0.1, 0.15) is 19.8 Å². The van der Waals surface area contributed by atoms with Crippen molar-refractivity contribution in [2.24, 2.45) is 11.1 Å². The van der Waals surface area contributed by atoms with Crippen LogP contribution in [-0.4, -0.2) is 38.6 Å². The van der Waals surface area contributed by atoms with E-state index in [1.807, 2.05) is 11.8 Å². The molecule has 0 aromatic heterocycles. The molecule has 1 heterocycles. The molecule has 2 N–H and O–H groups in total. The van der Waals surface area contributed by atoms with Crippen molar-refractivity contribution in [2.75, 3.05) is 18.0 Å².